The first-order valence-electron chi connectivity index (χ1n) is 12.8. The lowest BCUT2D eigenvalue weighted by atomic mass is 9.55. The van der Waals surface area contributed by atoms with Crippen molar-refractivity contribution < 1.29 is 4.39 Å². The molecule has 1 aliphatic carbocycles. The van der Waals surface area contributed by atoms with Crippen LogP contribution >= 0.6 is 0 Å². The van der Waals surface area contributed by atoms with Gasteiger partial charge in [0.25, 0.3) is 0 Å². The molecule has 0 amide bonds. The van der Waals surface area contributed by atoms with Gasteiger partial charge < -0.3 is 20.4 Å². The number of fused-ring (bicyclic) bond motifs is 1. The number of piperazine rings is 1. The van der Waals surface area contributed by atoms with E-state index in [1.165, 1.54) is 12.0 Å². The first-order chi connectivity index (χ1) is 16.4. The Hall–Kier alpha value is -2.47. The molecule has 2 atom stereocenters. The van der Waals surface area contributed by atoms with Crippen LogP contribution in [0, 0.1) is 11.7 Å². The quantitative estimate of drug-likeness (QED) is 0.442. The molecule has 0 aromatic heterocycles. The standard InChI is InChI=1S/C28H37BFN4/c1-18(2)13-21-5-8-28(29-16-21)32-20(4)24-17-34(22-6-7-22)26-15-27(33-11-9-31-10-12-33)25(30)14-23(26)19(24)3/h14-15,17,21-22,28,31-32H,1,3-13,16H2,2H3. The van der Waals surface area contributed by atoms with Gasteiger partial charge in [-0.15, -0.1) is 6.58 Å². The molecule has 2 saturated heterocycles. The lowest BCUT2D eigenvalue weighted by Crippen LogP contribution is -2.44. The van der Waals surface area contributed by atoms with Crippen molar-refractivity contribution in [1.29, 1.82) is 0 Å². The molecule has 4 nitrogen and oxygen atoms in total. The molecule has 4 aliphatic rings. The normalized spacial score (nSPS) is 24.8. The van der Waals surface area contributed by atoms with Crippen molar-refractivity contribution in [2.24, 2.45) is 5.92 Å². The summed E-state index contributed by atoms with van der Waals surface area (Å²) in [5.74, 6) is 0.851. The molecule has 1 saturated carbocycles. The van der Waals surface area contributed by atoms with Crippen molar-refractivity contribution >= 4 is 24.2 Å². The van der Waals surface area contributed by atoms with Gasteiger partial charge in [0.2, 0.25) is 0 Å². The number of halogens is 1. The summed E-state index contributed by atoms with van der Waals surface area (Å²) in [5, 5.41) is 7.00. The largest absolute Gasteiger partial charge is 0.390 e. The number of rotatable bonds is 7. The SMILES string of the molecule is C=C(C)CC1C[B]C(NC(=C)C2=CN(C3CC3)c3cc(N4CCNCC4)c(F)cc3C2=C)CC1. The highest BCUT2D eigenvalue weighted by Crippen LogP contribution is 2.45. The van der Waals surface area contributed by atoms with E-state index in [0.29, 0.717) is 23.6 Å². The Morgan fingerprint density at radius 2 is 1.91 bits per heavy atom. The van der Waals surface area contributed by atoms with Crippen LogP contribution in [0.1, 0.15) is 44.6 Å². The van der Waals surface area contributed by atoms with Crippen molar-refractivity contribution in [1.82, 2.24) is 10.6 Å². The van der Waals surface area contributed by atoms with Gasteiger partial charge in [-0.25, -0.2) is 4.39 Å². The zero-order valence-corrected chi connectivity index (χ0v) is 20.5. The number of hydrogen-bond donors (Lipinski definition) is 2. The van der Waals surface area contributed by atoms with Crippen LogP contribution in [-0.4, -0.2) is 45.4 Å². The minimum Gasteiger partial charge on any atom is -0.390 e. The maximum atomic E-state index is 15.3. The summed E-state index contributed by atoms with van der Waals surface area (Å²) in [6.45, 7) is 18.4. The zero-order valence-electron chi connectivity index (χ0n) is 20.5. The number of benzene rings is 1. The Kier molecular flexibility index (Phi) is 6.61. The van der Waals surface area contributed by atoms with Gasteiger partial charge in [-0.3, -0.25) is 0 Å². The van der Waals surface area contributed by atoms with Gasteiger partial charge in [0.15, 0.2) is 0 Å². The van der Waals surface area contributed by atoms with Crippen LogP contribution in [0.5, 0.6) is 0 Å². The van der Waals surface area contributed by atoms with E-state index in [-0.39, 0.29) is 5.82 Å². The Morgan fingerprint density at radius 3 is 2.56 bits per heavy atom. The van der Waals surface area contributed by atoms with E-state index in [0.717, 1.165) is 86.3 Å². The average Bonchev–Trinajstić information content (AvgIpc) is 3.66. The molecule has 2 unspecified atom stereocenters. The van der Waals surface area contributed by atoms with Crippen molar-refractivity contribution in [2.45, 2.75) is 57.3 Å². The Balaban J connectivity index is 1.34. The maximum Gasteiger partial charge on any atom is 0.147 e. The first kappa shape index (κ1) is 23.3. The van der Waals surface area contributed by atoms with Gasteiger partial charge in [0, 0.05) is 55.3 Å². The third-order valence-corrected chi connectivity index (χ3v) is 7.62. The zero-order chi connectivity index (χ0) is 23.8. The fourth-order valence-corrected chi connectivity index (χ4v) is 5.62. The summed E-state index contributed by atoms with van der Waals surface area (Å²) in [4.78, 5) is 4.49. The first-order valence-corrected chi connectivity index (χ1v) is 12.8. The predicted octanol–water partition coefficient (Wildman–Crippen LogP) is 5.04. The van der Waals surface area contributed by atoms with E-state index in [2.05, 4.69) is 60.6 Å². The second kappa shape index (κ2) is 9.65. The molecule has 3 heterocycles. The van der Waals surface area contributed by atoms with E-state index in [1.807, 2.05) is 6.07 Å². The second-order valence-corrected chi connectivity index (χ2v) is 10.5. The fourth-order valence-electron chi connectivity index (χ4n) is 5.62. The molecular weight excluding hydrogens is 422 g/mol. The molecule has 5 rings (SSSR count). The lowest BCUT2D eigenvalue weighted by Gasteiger charge is -2.36. The van der Waals surface area contributed by atoms with Crippen LogP contribution in [0.3, 0.4) is 0 Å². The molecule has 2 N–H and O–H groups in total. The summed E-state index contributed by atoms with van der Waals surface area (Å²) in [5.41, 5.74) is 6.66. The van der Waals surface area contributed by atoms with Crippen molar-refractivity contribution in [3.05, 3.63) is 66.3 Å². The second-order valence-electron chi connectivity index (χ2n) is 10.5. The van der Waals surface area contributed by atoms with Crippen LogP contribution < -0.4 is 20.4 Å². The van der Waals surface area contributed by atoms with Crippen molar-refractivity contribution in [3.8, 4) is 0 Å². The number of nitrogens with one attached hydrogen (secondary N) is 2. The highest BCUT2D eigenvalue weighted by atomic mass is 19.1. The van der Waals surface area contributed by atoms with Gasteiger partial charge in [0.1, 0.15) is 13.1 Å². The summed E-state index contributed by atoms with van der Waals surface area (Å²) in [6.07, 6.45) is 9.04. The number of hydrogen-bond acceptors (Lipinski definition) is 4. The molecule has 1 aromatic carbocycles. The minimum atomic E-state index is -0.165. The topological polar surface area (TPSA) is 30.5 Å². The van der Waals surface area contributed by atoms with Crippen LogP contribution in [0.2, 0.25) is 6.32 Å². The monoisotopic (exact) mass is 459 g/mol. The fraction of sp³-hybridized carbons (Fsp3) is 0.500. The van der Waals surface area contributed by atoms with E-state index < -0.39 is 0 Å². The molecule has 0 bridgehead atoms. The van der Waals surface area contributed by atoms with Gasteiger partial charge >= 0.3 is 0 Å². The number of allylic oxidation sites excluding steroid dienone is 2. The van der Waals surface area contributed by atoms with E-state index in [1.54, 1.807) is 6.07 Å². The Labute approximate surface area is 204 Å². The van der Waals surface area contributed by atoms with Crippen LogP contribution in [0.25, 0.3) is 5.57 Å². The molecule has 3 fully saturated rings. The summed E-state index contributed by atoms with van der Waals surface area (Å²) in [6, 6.07) is 4.21. The third-order valence-electron chi connectivity index (χ3n) is 7.62. The smallest absolute Gasteiger partial charge is 0.147 e. The van der Waals surface area contributed by atoms with Crippen LogP contribution in [-0.2, 0) is 0 Å². The summed E-state index contributed by atoms with van der Waals surface area (Å²) >= 11 is 0. The average molecular weight is 459 g/mol. The van der Waals surface area contributed by atoms with Crippen molar-refractivity contribution in [3.63, 3.8) is 0 Å². The van der Waals surface area contributed by atoms with Gasteiger partial charge in [0.05, 0.1) is 11.4 Å². The lowest BCUT2D eigenvalue weighted by molar-refractivity contribution is 0.454. The minimum absolute atomic E-state index is 0.165. The van der Waals surface area contributed by atoms with E-state index in [9.17, 15) is 0 Å². The molecular formula is C28H37BFN4. The van der Waals surface area contributed by atoms with Gasteiger partial charge in [-0.05, 0) is 68.6 Å². The molecule has 6 heteroatoms. The van der Waals surface area contributed by atoms with Gasteiger partial charge in [-0.2, -0.15) is 0 Å². The molecule has 0 spiro atoms. The molecule has 34 heavy (non-hydrogen) atoms. The predicted molar refractivity (Wildman–Crippen MR) is 143 cm³/mol. The highest BCUT2D eigenvalue weighted by Gasteiger charge is 2.35. The maximum absolute atomic E-state index is 15.3. The highest BCUT2D eigenvalue weighted by molar-refractivity contribution is 6.38. The number of anilines is 2. The van der Waals surface area contributed by atoms with Crippen LogP contribution in [0.4, 0.5) is 15.8 Å². The molecule has 179 valence electrons. The van der Waals surface area contributed by atoms with Crippen molar-refractivity contribution in [2.75, 3.05) is 36.0 Å². The summed E-state index contributed by atoms with van der Waals surface area (Å²) in [7, 11) is 2.39. The van der Waals surface area contributed by atoms with E-state index >= 15 is 4.39 Å². The number of nitrogens with zero attached hydrogens (tertiary/aromatic N) is 2. The van der Waals surface area contributed by atoms with Crippen LogP contribution in [0.15, 0.2) is 54.9 Å². The Morgan fingerprint density at radius 1 is 1.15 bits per heavy atom. The molecule has 3 aliphatic heterocycles. The third kappa shape index (κ3) is 4.83. The van der Waals surface area contributed by atoms with Gasteiger partial charge in [-0.1, -0.05) is 25.1 Å². The Bertz CT molecular complexity index is 1010. The summed E-state index contributed by atoms with van der Waals surface area (Å²) < 4.78 is 15.3. The molecule has 1 radical (unpaired) electrons. The van der Waals surface area contributed by atoms with E-state index in [4.69, 9.17) is 0 Å². The molecule has 1 aromatic rings.